The van der Waals surface area contributed by atoms with E-state index in [-0.39, 0.29) is 0 Å². The zero-order valence-corrected chi connectivity index (χ0v) is 8.38. The first-order valence-corrected chi connectivity index (χ1v) is 4.99. The van der Waals surface area contributed by atoms with Gasteiger partial charge >= 0.3 is 0 Å². The fraction of sp³-hybridized carbons (Fsp3) is 0.500. The number of hydrogen-bond acceptors (Lipinski definition) is 1. The van der Waals surface area contributed by atoms with E-state index < -0.39 is 0 Å². The molecule has 2 atom stereocenters. The lowest BCUT2D eigenvalue weighted by Gasteiger charge is -2.03. The van der Waals surface area contributed by atoms with Crippen molar-refractivity contribution in [3.8, 4) is 0 Å². The molecule has 2 rings (SSSR count). The van der Waals surface area contributed by atoms with Crippen LogP contribution in [0.2, 0.25) is 0 Å². The fourth-order valence-electron chi connectivity index (χ4n) is 1.91. The molecule has 0 amide bonds. The third kappa shape index (κ3) is 1.61. The van der Waals surface area contributed by atoms with Crippen molar-refractivity contribution in [1.29, 1.82) is 0 Å². The summed E-state index contributed by atoms with van der Waals surface area (Å²) in [7, 11) is 0. The number of aryl methyl sites for hydroxylation is 2. The Kier molecular flexibility index (Phi) is 2.12. The largest absolute Gasteiger partial charge is 0.330 e. The van der Waals surface area contributed by atoms with E-state index in [0.717, 1.165) is 18.4 Å². The summed E-state index contributed by atoms with van der Waals surface area (Å²) in [6.07, 6.45) is 1.29. The molecule has 1 aromatic carbocycles. The molecule has 1 nitrogen and oxygen atoms in total. The van der Waals surface area contributed by atoms with E-state index in [4.69, 9.17) is 5.73 Å². The first-order chi connectivity index (χ1) is 6.22. The van der Waals surface area contributed by atoms with Gasteiger partial charge in [0.05, 0.1) is 0 Å². The van der Waals surface area contributed by atoms with Crippen LogP contribution in [0.1, 0.15) is 29.0 Å². The number of nitrogens with two attached hydrogens (primary N) is 1. The molecule has 1 fully saturated rings. The van der Waals surface area contributed by atoms with Crippen LogP contribution in [-0.4, -0.2) is 6.54 Å². The highest BCUT2D eigenvalue weighted by atomic mass is 14.6. The molecule has 0 unspecified atom stereocenters. The maximum Gasteiger partial charge on any atom is -0.00428 e. The summed E-state index contributed by atoms with van der Waals surface area (Å²) in [5.74, 6) is 1.51. The molecule has 0 spiro atoms. The molecule has 70 valence electrons. The van der Waals surface area contributed by atoms with Gasteiger partial charge < -0.3 is 5.73 Å². The van der Waals surface area contributed by atoms with Gasteiger partial charge in [0.1, 0.15) is 0 Å². The van der Waals surface area contributed by atoms with Gasteiger partial charge in [-0.3, -0.25) is 0 Å². The van der Waals surface area contributed by atoms with Crippen molar-refractivity contribution in [2.75, 3.05) is 6.54 Å². The van der Waals surface area contributed by atoms with Crippen molar-refractivity contribution in [2.24, 2.45) is 11.7 Å². The third-order valence-corrected chi connectivity index (χ3v) is 3.18. The lowest BCUT2D eigenvalue weighted by atomic mass is 10.0. The summed E-state index contributed by atoms with van der Waals surface area (Å²) in [6, 6.07) is 6.79. The lowest BCUT2D eigenvalue weighted by molar-refractivity contribution is 0.809. The predicted molar refractivity (Wildman–Crippen MR) is 55.8 cm³/mol. The molecule has 1 aliphatic rings. The standard InChI is InChI=1S/C12H17N/c1-8-3-4-10(5-9(8)2)12-6-11(12)7-13/h3-5,11-12H,6-7,13H2,1-2H3/t11-,12-/m0/s1. The van der Waals surface area contributed by atoms with Gasteiger partial charge in [-0.1, -0.05) is 18.2 Å². The van der Waals surface area contributed by atoms with E-state index in [2.05, 4.69) is 32.0 Å². The molecule has 13 heavy (non-hydrogen) atoms. The Balaban J connectivity index is 2.19. The summed E-state index contributed by atoms with van der Waals surface area (Å²) in [6.45, 7) is 5.18. The van der Waals surface area contributed by atoms with Gasteiger partial charge in [-0.25, -0.2) is 0 Å². The van der Waals surface area contributed by atoms with Crippen LogP contribution < -0.4 is 5.73 Å². The van der Waals surface area contributed by atoms with Gasteiger partial charge in [-0.05, 0) is 55.3 Å². The topological polar surface area (TPSA) is 26.0 Å². The predicted octanol–water partition coefficient (Wildman–Crippen LogP) is 2.37. The Morgan fingerprint density at radius 2 is 2.08 bits per heavy atom. The molecule has 0 aliphatic heterocycles. The first-order valence-electron chi connectivity index (χ1n) is 4.99. The minimum Gasteiger partial charge on any atom is -0.330 e. The van der Waals surface area contributed by atoms with Crippen LogP contribution in [0, 0.1) is 19.8 Å². The Morgan fingerprint density at radius 3 is 2.62 bits per heavy atom. The second-order valence-corrected chi connectivity index (χ2v) is 4.18. The Bertz CT molecular complexity index is 317. The molecular formula is C12H17N. The van der Waals surface area contributed by atoms with E-state index in [9.17, 15) is 0 Å². The highest BCUT2D eigenvalue weighted by Crippen LogP contribution is 2.46. The monoisotopic (exact) mass is 175 g/mol. The summed E-state index contributed by atoms with van der Waals surface area (Å²) in [5.41, 5.74) is 9.90. The summed E-state index contributed by atoms with van der Waals surface area (Å²) in [5, 5.41) is 0. The van der Waals surface area contributed by atoms with E-state index in [0.29, 0.717) is 0 Å². The number of benzene rings is 1. The lowest BCUT2D eigenvalue weighted by Crippen LogP contribution is -2.02. The van der Waals surface area contributed by atoms with Crippen molar-refractivity contribution in [1.82, 2.24) is 0 Å². The van der Waals surface area contributed by atoms with Gasteiger partial charge in [0.15, 0.2) is 0 Å². The molecule has 0 saturated heterocycles. The molecule has 1 aromatic rings. The van der Waals surface area contributed by atoms with Gasteiger partial charge in [0.25, 0.3) is 0 Å². The Hall–Kier alpha value is -0.820. The van der Waals surface area contributed by atoms with Crippen LogP contribution in [0.5, 0.6) is 0 Å². The maximum absolute atomic E-state index is 5.63. The third-order valence-electron chi connectivity index (χ3n) is 3.18. The van der Waals surface area contributed by atoms with Gasteiger partial charge in [0.2, 0.25) is 0 Å². The average Bonchev–Trinajstić information content (AvgIpc) is 2.88. The second-order valence-electron chi connectivity index (χ2n) is 4.18. The van der Waals surface area contributed by atoms with Crippen LogP contribution in [-0.2, 0) is 0 Å². The van der Waals surface area contributed by atoms with Crippen LogP contribution >= 0.6 is 0 Å². The van der Waals surface area contributed by atoms with Gasteiger partial charge in [0, 0.05) is 0 Å². The van der Waals surface area contributed by atoms with Crippen LogP contribution in [0.25, 0.3) is 0 Å². The summed E-state index contributed by atoms with van der Waals surface area (Å²) in [4.78, 5) is 0. The highest BCUT2D eigenvalue weighted by molar-refractivity contribution is 5.34. The van der Waals surface area contributed by atoms with Gasteiger partial charge in [-0.15, -0.1) is 0 Å². The molecule has 0 radical (unpaired) electrons. The van der Waals surface area contributed by atoms with E-state index in [1.54, 1.807) is 0 Å². The molecule has 2 N–H and O–H groups in total. The minimum atomic E-state index is 0.752. The number of rotatable bonds is 2. The highest BCUT2D eigenvalue weighted by Gasteiger charge is 2.36. The van der Waals surface area contributed by atoms with Crippen molar-refractivity contribution in [2.45, 2.75) is 26.2 Å². The quantitative estimate of drug-likeness (QED) is 0.733. The SMILES string of the molecule is Cc1ccc([C@@H]2C[C@H]2CN)cc1C. The summed E-state index contributed by atoms with van der Waals surface area (Å²) < 4.78 is 0. The molecule has 1 saturated carbocycles. The fourth-order valence-corrected chi connectivity index (χ4v) is 1.91. The zero-order chi connectivity index (χ0) is 9.42. The minimum absolute atomic E-state index is 0.752. The van der Waals surface area contributed by atoms with E-state index in [1.807, 2.05) is 0 Å². The van der Waals surface area contributed by atoms with E-state index >= 15 is 0 Å². The summed E-state index contributed by atoms with van der Waals surface area (Å²) >= 11 is 0. The van der Waals surface area contributed by atoms with Gasteiger partial charge in [-0.2, -0.15) is 0 Å². The van der Waals surface area contributed by atoms with Crippen molar-refractivity contribution >= 4 is 0 Å². The van der Waals surface area contributed by atoms with Crippen LogP contribution in [0.4, 0.5) is 0 Å². The molecule has 1 aliphatic carbocycles. The average molecular weight is 175 g/mol. The molecule has 0 aromatic heterocycles. The number of hydrogen-bond donors (Lipinski definition) is 1. The first kappa shape index (κ1) is 8.76. The maximum atomic E-state index is 5.63. The normalized spacial score (nSPS) is 26.1. The Morgan fingerprint density at radius 1 is 1.31 bits per heavy atom. The molecule has 0 bridgehead atoms. The van der Waals surface area contributed by atoms with Crippen LogP contribution in [0.15, 0.2) is 18.2 Å². The van der Waals surface area contributed by atoms with Crippen LogP contribution in [0.3, 0.4) is 0 Å². The zero-order valence-electron chi connectivity index (χ0n) is 8.38. The van der Waals surface area contributed by atoms with E-state index in [1.165, 1.54) is 23.1 Å². The molecule has 1 heteroatoms. The van der Waals surface area contributed by atoms with Crippen molar-refractivity contribution in [3.05, 3.63) is 34.9 Å². The second kappa shape index (κ2) is 3.15. The van der Waals surface area contributed by atoms with Crippen molar-refractivity contribution in [3.63, 3.8) is 0 Å². The Labute approximate surface area is 80.0 Å². The smallest absolute Gasteiger partial charge is 0.00428 e. The molecular weight excluding hydrogens is 158 g/mol. The molecule has 0 heterocycles. The van der Waals surface area contributed by atoms with Crippen molar-refractivity contribution < 1.29 is 0 Å².